The van der Waals surface area contributed by atoms with Crippen LogP contribution >= 0.6 is 0 Å². The molecule has 2 aromatic rings. The Balaban J connectivity index is 1.47. The number of aromatic nitrogens is 1. The average molecular weight is 340 g/mol. The van der Waals surface area contributed by atoms with Crippen LogP contribution in [0, 0.1) is 0 Å². The Morgan fingerprint density at radius 3 is 2.84 bits per heavy atom. The first-order chi connectivity index (χ1) is 12.2. The first kappa shape index (κ1) is 17.2. The van der Waals surface area contributed by atoms with E-state index < -0.39 is 6.04 Å². The molecule has 0 fully saturated rings. The van der Waals surface area contributed by atoms with Crippen molar-refractivity contribution in [2.45, 2.75) is 26.1 Å². The lowest BCUT2D eigenvalue weighted by Gasteiger charge is -2.26. The number of amides is 2. The lowest BCUT2D eigenvalue weighted by molar-refractivity contribution is -0.123. The molecule has 0 bridgehead atoms. The minimum atomic E-state index is -0.517. The third-order valence-corrected chi connectivity index (χ3v) is 4.49. The van der Waals surface area contributed by atoms with Gasteiger partial charge in [-0.2, -0.15) is 0 Å². The van der Waals surface area contributed by atoms with Crippen molar-refractivity contribution in [1.82, 2.24) is 20.1 Å². The lowest BCUT2D eigenvalue weighted by Crippen LogP contribution is -2.53. The summed E-state index contributed by atoms with van der Waals surface area (Å²) >= 11 is 0. The van der Waals surface area contributed by atoms with Gasteiger partial charge in [-0.15, -0.1) is 0 Å². The molecule has 2 amide bonds. The highest BCUT2D eigenvalue weighted by atomic mass is 16.2. The molecule has 1 aromatic heterocycles. The van der Waals surface area contributed by atoms with Gasteiger partial charge in [0.1, 0.15) is 11.7 Å². The molecule has 0 radical (unpaired) electrons. The molecule has 0 aliphatic carbocycles. The molecule has 1 aromatic carbocycles. The molecule has 2 heterocycles. The van der Waals surface area contributed by atoms with Crippen molar-refractivity contribution in [3.63, 3.8) is 0 Å². The minimum absolute atomic E-state index is 0.136. The lowest BCUT2D eigenvalue weighted by atomic mass is 10.2. The Labute approximate surface area is 147 Å². The number of nitrogens with one attached hydrogen (secondary N) is 2. The smallest absolute Gasteiger partial charge is 0.268 e. The van der Waals surface area contributed by atoms with Crippen LogP contribution in [0.3, 0.4) is 0 Å². The first-order valence-corrected chi connectivity index (χ1v) is 8.67. The van der Waals surface area contributed by atoms with Crippen molar-refractivity contribution in [3.05, 3.63) is 59.9 Å². The second kappa shape index (κ2) is 7.98. The van der Waals surface area contributed by atoms with Crippen LogP contribution in [0.1, 0.15) is 23.0 Å². The van der Waals surface area contributed by atoms with Crippen LogP contribution in [0.15, 0.2) is 48.7 Å². The van der Waals surface area contributed by atoms with Crippen LogP contribution < -0.4 is 10.6 Å². The SMILES string of the molecule is CCN(CCNC(=O)C1Cn2cccc2C(=O)N1)Cc1ccccc1. The zero-order chi connectivity index (χ0) is 17.6. The number of likely N-dealkylation sites (N-methyl/N-ethyl adjacent to an activating group) is 1. The highest BCUT2D eigenvalue weighted by Gasteiger charge is 2.28. The fourth-order valence-electron chi connectivity index (χ4n) is 3.05. The van der Waals surface area contributed by atoms with Crippen LogP contribution in [-0.2, 0) is 17.9 Å². The Hall–Kier alpha value is -2.60. The molecule has 0 saturated heterocycles. The molecule has 0 saturated carbocycles. The van der Waals surface area contributed by atoms with Gasteiger partial charge < -0.3 is 15.2 Å². The summed E-state index contributed by atoms with van der Waals surface area (Å²) in [5.74, 6) is -0.334. The largest absolute Gasteiger partial charge is 0.353 e. The first-order valence-electron chi connectivity index (χ1n) is 8.67. The summed E-state index contributed by atoms with van der Waals surface area (Å²) in [7, 11) is 0. The average Bonchev–Trinajstić information content (AvgIpc) is 3.11. The van der Waals surface area contributed by atoms with Gasteiger partial charge in [0.2, 0.25) is 5.91 Å². The monoisotopic (exact) mass is 340 g/mol. The fourth-order valence-corrected chi connectivity index (χ4v) is 3.05. The number of hydrogen-bond donors (Lipinski definition) is 2. The van der Waals surface area contributed by atoms with Crippen LogP contribution in [0.5, 0.6) is 0 Å². The molecule has 1 atom stereocenters. The van der Waals surface area contributed by atoms with E-state index in [4.69, 9.17) is 0 Å². The van der Waals surface area contributed by atoms with Gasteiger partial charge in [0.25, 0.3) is 5.91 Å². The Morgan fingerprint density at radius 2 is 2.08 bits per heavy atom. The second-order valence-corrected chi connectivity index (χ2v) is 6.22. The fraction of sp³-hybridized carbons (Fsp3) is 0.368. The standard InChI is InChI=1S/C19H24N4O2/c1-2-22(13-15-7-4-3-5-8-15)12-10-20-18(24)16-14-23-11-6-9-17(23)19(25)21-16/h3-9,11,16H,2,10,12-14H2,1H3,(H,20,24)(H,21,25). The predicted octanol–water partition coefficient (Wildman–Crippen LogP) is 1.24. The number of carbonyl (C=O) groups is 2. The van der Waals surface area contributed by atoms with Crippen molar-refractivity contribution < 1.29 is 9.59 Å². The molecule has 132 valence electrons. The maximum Gasteiger partial charge on any atom is 0.268 e. The van der Waals surface area contributed by atoms with E-state index in [9.17, 15) is 9.59 Å². The van der Waals surface area contributed by atoms with E-state index in [2.05, 4.69) is 34.6 Å². The second-order valence-electron chi connectivity index (χ2n) is 6.22. The predicted molar refractivity (Wildman–Crippen MR) is 96.1 cm³/mol. The molecule has 6 heteroatoms. The van der Waals surface area contributed by atoms with Gasteiger partial charge in [-0.25, -0.2) is 0 Å². The van der Waals surface area contributed by atoms with E-state index in [1.807, 2.05) is 35.0 Å². The van der Waals surface area contributed by atoms with Gasteiger partial charge in [0.15, 0.2) is 0 Å². The summed E-state index contributed by atoms with van der Waals surface area (Å²) in [6.07, 6.45) is 1.83. The molecule has 25 heavy (non-hydrogen) atoms. The normalized spacial score (nSPS) is 16.4. The Bertz CT molecular complexity index is 726. The number of nitrogens with zero attached hydrogens (tertiary/aromatic N) is 2. The van der Waals surface area contributed by atoms with Gasteiger partial charge in [0, 0.05) is 25.8 Å². The quantitative estimate of drug-likeness (QED) is 0.797. The minimum Gasteiger partial charge on any atom is -0.353 e. The highest BCUT2D eigenvalue weighted by molar-refractivity contribution is 5.97. The number of fused-ring (bicyclic) bond motifs is 1. The zero-order valence-corrected chi connectivity index (χ0v) is 14.4. The summed E-state index contributed by atoms with van der Waals surface area (Å²) in [5.41, 5.74) is 1.86. The summed E-state index contributed by atoms with van der Waals surface area (Å²) in [6.45, 7) is 5.69. The van der Waals surface area contributed by atoms with Crippen LogP contribution in [0.2, 0.25) is 0 Å². The van der Waals surface area contributed by atoms with E-state index in [-0.39, 0.29) is 11.8 Å². The molecule has 0 spiro atoms. The maximum absolute atomic E-state index is 12.3. The van der Waals surface area contributed by atoms with Gasteiger partial charge in [-0.3, -0.25) is 14.5 Å². The van der Waals surface area contributed by atoms with Crippen molar-refractivity contribution in [2.75, 3.05) is 19.6 Å². The molecule has 6 nitrogen and oxygen atoms in total. The molecule has 1 aliphatic heterocycles. The zero-order valence-electron chi connectivity index (χ0n) is 14.4. The van der Waals surface area contributed by atoms with Crippen LogP contribution in [-0.4, -0.2) is 47.0 Å². The van der Waals surface area contributed by atoms with E-state index in [1.54, 1.807) is 6.07 Å². The van der Waals surface area contributed by atoms with E-state index in [1.165, 1.54) is 5.56 Å². The summed E-state index contributed by atoms with van der Waals surface area (Å²) in [5, 5.41) is 5.70. The Morgan fingerprint density at radius 1 is 1.28 bits per heavy atom. The summed E-state index contributed by atoms with van der Waals surface area (Å²) < 4.78 is 1.82. The molecule has 3 rings (SSSR count). The van der Waals surface area contributed by atoms with Gasteiger partial charge in [0.05, 0.1) is 6.54 Å². The van der Waals surface area contributed by atoms with E-state index >= 15 is 0 Å². The van der Waals surface area contributed by atoms with Crippen LogP contribution in [0.25, 0.3) is 0 Å². The molecular weight excluding hydrogens is 316 g/mol. The van der Waals surface area contributed by atoms with Crippen LogP contribution in [0.4, 0.5) is 0 Å². The third kappa shape index (κ3) is 4.28. The molecule has 2 N–H and O–H groups in total. The summed E-state index contributed by atoms with van der Waals surface area (Å²) in [4.78, 5) is 26.6. The maximum atomic E-state index is 12.3. The van der Waals surface area contributed by atoms with Crippen molar-refractivity contribution in [2.24, 2.45) is 0 Å². The van der Waals surface area contributed by atoms with Gasteiger partial charge in [-0.1, -0.05) is 37.3 Å². The van der Waals surface area contributed by atoms with Gasteiger partial charge >= 0.3 is 0 Å². The van der Waals surface area contributed by atoms with Crippen molar-refractivity contribution >= 4 is 11.8 Å². The van der Waals surface area contributed by atoms with Gasteiger partial charge in [-0.05, 0) is 24.2 Å². The third-order valence-electron chi connectivity index (χ3n) is 4.49. The number of hydrogen-bond acceptors (Lipinski definition) is 3. The number of benzene rings is 1. The van der Waals surface area contributed by atoms with E-state index in [0.717, 1.165) is 19.6 Å². The van der Waals surface area contributed by atoms with E-state index in [0.29, 0.717) is 18.8 Å². The number of rotatable bonds is 7. The summed E-state index contributed by atoms with van der Waals surface area (Å²) in [6, 6.07) is 13.3. The highest BCUT2D eigenvalue weighted by Crippen LogP contribution is 2.10. The van der Waals surface area contributed by atoms with Crippen molar-refractivity contribution in [3.8, 4) is 0 Å². The molecule has 1 unspecified atom stereocenters. The van der Waals surface area contributed by atoms with Crippen molar-refractivity contribution in [1.29, 1.82) is 0 Å². The Kier molecular flexibility index (Phi) is 5.50. The number of carbonyl (C=O) groups excluding carboxylic acids is 2. The molecular formula is C19H24N4O2. The molecule has 1 aliphatic rings. The topological polar surface area (TPSA) is 66.4 Å².